The highest BCUT2D eigenvalue weighted by atomic mass is 15.1. The molecule has 62 valence electrons. The highest BCUT2D eigenvalue weighted by Crippen LogP contribution is 2.17. The Morgan fingerprint density at radius 1 is 1.42 bits per heavy atom. The van der Waals surface area contributed by atoms with Gasteiger partial charge in [-0.25, -0.2) is 0 Å². The third-order valence-electron chi connectivity index (χ3n) is 1.94. The fourth-order valence-electron chi connectivity index (χ4n) is 1.20. The van der Waals surface area contributed by atoms with Crippen LogP contribution in [0.15, 0.2) is 18.3 Å². The van der Waals surface area contributed by atoms with E-state index in [1.807, 2.05) is 12.1 Å². The van der Waals surface area contributed by atoms with Gasteiger partial charge in [-0.2, -0.15) is 5.10 Å². The fraction of sp³-hybridized carbons (Fsp3) is 0.333. The molecule has 0 amide bonds. The van der Waals surface area contributed by atoms with Gasteiger partial charge in [0.2, 0.25) is 0 Å². The second-order valence-corrected chi connectivity index (χ2v) is 3.21. The Hall–Kier alpha value is -1.38. The summed E-state index contributed by atoms with van der Waals surface area (Å²) in [5, 5.41) is 7.82. The highest BCUT2D eigenvalue weighted by molar-refractivity contribution is 5.75. The number of nitrogens with one attached hydrogen (secondary N) is 1. The number of fused-ring (bicyclic) bond motifs is 1. The van der Waals surface area contributed by atoms with Gasteiger partial charge in [0.05, 0.1) is 11.7 Å². The van der Waals surface area contributed by atoms with Gasteiger partial charge >= 0.3 is 0 Å². The first kappa shape index (κ1) is 7.28. The molecule has 0 aliphatic carbocycles. The lowest BCUT2D eigenvalue weighted by Gasteiger charge is -1.97. The standard InChI is InChI=1S/C9H11N3/c1-6(2)8-5-9-7(11-8)3-4-10-12-9/h3-6,11H,1-2H3. The molecule has 0 bridgehead atoms. The Morgan fingerprint density at radius 3 is 2.92 bits per heavy atom. The van der Waals surface area contributed by atoms with Crippen molar-refractivity contribution in [3.8, 4) is 0 Å². The first-order chi connectivity index (χ1) is 5.77. The van der Waals surface area contributed by atoms with Crippen molar-refractivity contribution in [1.29, 1.82) is 0 Å². The summed E-state index contributed by atoms with van der Waals surface area (Å²) in [7, 11) is 0. The minimum atomic E-state index is 0.513. The van der Waals surface area contributed by atoms with E-state index in [1.165, 1.54) is 5.69 Å². The summed E-state index contributed by atoms with van der Waals surface area (Å²) >= 11 is 0. The molecule has 0 atom stereocenters. The van der Waals surface area contributed by atoms with Crippen molar-refractivity contribution in [2.24, 2.45) is 0 Å². The Morgan fingerprint density at radius 2 is 2.25 bits per heavy atom. The van der Waals surface area contributed by atoms with Crippen LogP contribution in [0.4, 0.5) is 0 Å². The summed E-state index contributed by atoms with van der Waals surface area (Å²) in [6.45, 7) is 4.30. The molecule has 2 heterocycles. The van der Waals surface area contributed by atoms with E-state index in [9.17, 15) is 0 Å². The summed E-state index contributed by atoms with van der Waals surface area (Å²) < 4.78 is 0. The fourth-order valence-corrected chi connectivity index (χ4v) is 1.20. The molecule has 12 heavy (non-hydrogen) atoms. The van der Waals surface area contributed by atoms with Crippen molar-refractivity contribution >= 4 is 11.0 Å². The van der Waals surface area contributed by atoms with Crippen molar-refractivity contribution in [3.63, 3.8) is 0 Å². The van der Waals surface area contributed by atoms with Crippen LogP contribution >= 0.6 is 0 Å². The molecule has 3 heteroatoms. The average molecular weight is 161 g/mol. The van der Waals surface area contributed by atoms with E-state index in [4.69, 9.17) is 0 Å². The molecular formula is C9H11N3. The Balaban J connectivity index is 2.62. The van der Waals surface area contributed by atoms with Crippen molar-refractivity contribution < 1.29 is 0 Å². The maximum Gasteiger partial charge on any atom is 0.111 e. The number of hydrogen-bond donors (Lipinski definition) is 1. The van der Waals surface area contributed by atoms with Crippen LogP contribution in [0.5, 0.6) is 0 Å². The molecule has 0 radical (unpaired) electrons. The number of aromatic amines is 1. The monoisotopic (exact) mass is 161 g/mol. The summed E-state index contributed by atoms with van der Waals surface area (Å²) in [5.41, 5.74) is 3.22. The van der Waals surface area contributed by atoms with Gasteiger partial charge in [-0.15, -0.1) is 5.10 Å². The molecule has 0 aromatic carbocycles. The summed E-state index contributed by atoms with van der Waals surface area (Å²) in [4.78, 5) is 3.29. The molecule has 2 rings (SSSR count). The minimum Gasteiger partial charge on any atom is -0.357 e. The number of rotatable bonds is 1. The quantitative estimate of drug-likeness (QED) is 0.695. The van der Waals surface area contributed by atoms with Crippen LogP contribution in [0.1, 0.15) is 25.5 Å². The van der Waals surface area contributed by atoms with Gasteiger partial charge in [-0.05, 0) is 18.1 Å². The Labute approximate surface area is 70.8 Å². The van der Waals surface area contributed by atoms with Crippen LogP contribution < -0.4 is 0 Å². The number of nitrogens with zero attached hydrogens (tertiary/aromatic N) is 2. The van der Waals surface area contributed by atoms with Gasteiger partial charge in [0, 0.05) is 5.69 Å². The molecule has 0 saturated carbocycles. The smallest absolute Gasteiger partial charge is 0.111 e. The van der Waals surface area contributed by atoms with Crippen LogP contribution in [0.2, 0.25) is 0 Å². The molecular weight excluding hydrogens is 150 g/mol. The molecule has 0 saturated heterocycles. The van der Waals surface area contributed by atoms with E-state index in [1.54, 1.807) is 6.20 Å². The predicted octanol–water partition coefficient (Wildman–Crippen LogP) is 2.08. The van der Waals surface area contributed by atoms with Crippen LogP contribution in [-0.4, -0.2) is 15.2 Å². The molecule has 0 fully saturated rings. The Kier molecular flexibility index (Phi) is 1.57. The maximum absolute atomic E-state index is 4.00. The van der Waals surface area contributed by atoms with E-state index in [2.05, 4.69) is 29.0 Å². The average Bonchev–Trinajstić information content (AvgIpc) is 2.46. The molecule has 0 spiro atoms. The second-order valence-electron chi connectivity index (χ2n) is 3.21. The van der Waals surface area contributed by atoms with Crippen LogP contribution in [0, 0.1) is 0 Å². The van der Waals surface area contributed by atoms with Crippen LogP contribution in [-0.2, 0) is 0 Å². The largest absolute Gasteiger partial charge is 0.357 e. The third kappa shape index (κ3) is 1.07. The first-order valence-corrected chi connectivity index (χ1v) is 4.07. The normalized spacial score (nSPS) is 11.2. The van der Waals surface area contributed by atoms with Crippen LogP contribution in [0.3, 0.4) is 0 Å². The first-order valence-electron chi connectivity index (χ1n) is 4.07. The lowest BCUT2D eigenvalue weighted by Crippen LogP contribution is -1.84. The number of aromatic nitrogens is 3. The van der Waals surface area contributed by atoms with Crippen LogP contribution in [0.25, 0.3) is 11.0 Å². The third-order valence-corrected chi connectivity index (χ3v) is 1.94. The van der Waals surface area contributed by atoms with E-state index in [0.717, 1.165) is 11.0 Å². The SMILES string of the molecule is CC(C)c1cc2nnccc2[nH]1. The van der Waals surface area contributed by atoms with Crippen molar-refractivity contribution in [2.45, 2.75) is 19.8 Å². The molecule has 3 nitrogen and oxygen atoms in total. The zero-order chi connectivity index (χ0) is 8.55. The Bertz CT molecular complexity index is 356. The molecule has 0 unspecified atom stereocenters. The zero-order valence-corrected chi connectivity index (χ0v) is 7.20. The van der Waals surface area contributed by atoms with Crippen molar-refractivity contribution in [1.82, 2.24) is 15.2 Å². The number of H-pyrrole nitrogens is 1. The van der Waals surface area contributed by atoms with Gasteiger partial charge in [0.15, 0.2) is 0 Å². The van der Waals surface area contributed by atoms with Gasteiger partial charge < -0.3 is 4.98 Å². The topological polar surface area (TPSA) is 41.6 Å². The summed E-state index contributed by atoms with van der Waals surface area (Å²) in [6, 6.07) is 3.99. The molecule has 0 aliphatic heterocycles. The van der Waals surface area contributed by atoms with Gasteiger partial charge in [-0.1, -0.05) is 13.8 Å². The van der Waals surface area contributed by atoms with E-state index in [-0.39, 0.29) is 0 Å². The molecule has 0 aliphatic rings. The van der Waals surface area contributed by atoms with Crippen molar-refractivity contribution in [3.05, 3.63) is 24.0 Å². The van der Waals surface area contributed by atoms with Gasteiger partial charge in [0.25, 0.3) is 0 Å². The van der Waals surface area contributed by atoms with Crippen molar-refractivity contribution in [2.75, 3.05) is 0 Å². The summed E-state index contributed by atoms with van der Waals surface area (Å²) in [6.07, 6.45) is 1.70. The predicted molar refractivity (Wildman–Crippen MR) is 48.0 cm³/mol. The lowest BCUT2D eigenvalue weighted by atomic mass is 10.1. The van der Waals surface area contributed by atoms with Gasteiger partial charge in [0.1, 0.15) is 5.52 Å². The number of hydrogen-bond acceptors (Lipinski definition) is 2. The maximum atomic E-state index is 4.00. The molecule has 2 aromatic rings. The molecule has 2 aromatic heterocycles. The summed E-state index contributed by atoms with van der Waals surface area (Å²) in [5.74, 6) is 0.513. The van der Waals surface area contributed by atoms with E-state index in [0.29, 0.717) is 5.92 Å². The van der Waals surface area contributed by atoms with Gasteiger partial charge in [-0.3, -0.25) is 0 Å². The lowest BCUT2D eigenvalue weighted by molar-refractivity contribution is 0.836. The molecule has 1 N–H and O–H groups in total. The van der Waals surface area contributed by atoms with E-state index < -0.39 is 0 Å². The second kappa shape index (κ2) is 2.59. The minimum absolute atomic E-state index is 0.513. The zero-order valence-electron chi connectivity index (χ0n) is 7.20. The van der Waals surface area contributed by atoms with E-state index >= 15 is 0 Å². The highest BCUT2D eigenvalue weighted by Gasteiger charge is 2.03.